The number of carbonyl (C=O) groups excluding carboxylic acids is 1. The molecule has 1 N–H and O–H groups in total. The van der Waals surface area contributed by atoms with Gasteiger partial charge in [-0.25, -0.2) is 9.97 Å². The molecule has 7 heteroatoms. The van der Waals surface area contributed by atoms with E-state index >= 15 is 0 Å². The summed E-state index contributed by atoms with van der Waals surface area (Å²) in [7, 11) is 0. The number of benzene rings is 1. The second kappa shape index (κ2) is 9.73. The molecule has 1 saturated carbocycles. The number of rotatable bonds is 7. The van der Waals surface area contributed by atoms with Gasteiger partial charge in [-0.3, -0.25) is 9.48 Å². The lowest BCUT2D eigenvalue weighted by Crippen LogP contribution is -2.12. The summed E-state index contributed by atoms with van der Waals surface area (Å²) >= 11 is 0. The van der Waals surface area contributed by atoms with Crippen LogP contribution in [-0.4, -0.2) is 25.5 Å². The van der Waals surface area contributed by atoms with Crippen molar-refractivity contribution in [2.24, 2.45) is 5.92 Å². The number of aromatic nitrogens is 4. The number of nitrogens with one attached hydrogen (secondary N) is 1. The van der Waals surface area contributed by atoms with Gasteiger partial charge in [-0.15, -0.1) is 0 Å². The molecule has 164 valence electrons. The maximum absolute atomic E-state index is 12.3. The largest absolute Gasteiger partial charge is 0.321 e. The van der Waals surface area contributed by atoms with Crippen LogP contribution in [0.2, 0.25) is 0 Å². The van der Waals surface area contributed by atoms with Crippen molar-refractivity contribution in [2.75, 3.05) is 5.32 Å². The molecule has 2 aromatic heterocycles. The van der Waals surface area contributed by atoms with E-state index in [4.69, 9.17) is 10.2 Å². The quantitative estimate of drug-likeness (QED) is 0.490. The SMILES string of the molecule is Cc1cnc(Nc2cnn(C3CCCCC3)c2)nc1-c1ccc(C(=O)C[C@@H](C)C#N)cc1. The lowest BCUT2D eigenvalue weighted by atomic mass is 9.96. The Kier molecular flexibility index (Phi) is 6.60. The van der Waals surface area contributed by atoms with Crippen LogP contribution in [0.5, 0.6) is 0 Å². The molecular weight excluding hydrogens is 400 g/mol. The summed E-state index contributed by atoms with van der Waals surface area (Å²) in [5.41, 5.74) is 4.15. The number of anilines is 2. The van der Waals surface area contributed by atoms with E-state index in [0.29, 0.717) is 17.6 Å². The molecule has 32 heavy (non-hydrogen) atoms. The van der Waals surface area contributed by atoms with Gasteiger partial charge in [0.2, 0.25) is 5.95 Å². The molecule has 0 aliphatic heterocycles. The maximum Gasteiger partial charge on any atom is 0.227 e. The first kappa shape index (κ1) is 21.7. The summed E-state index contributed by atoms with van der Waals surface area (Å²) < 4.78 is 2.06. The fourth-order valence-electron chi connectivity index (χ4n) is 4.13. The van der Waals surface area contributed by atoms with Crippen molar-refractivity contribution < 1.29 is 4.79 Å². The van der Waals surface area contributed by atoms with Crippen LogP contribution in [0.25, 0.3) is 11.3 Å². The number of carbonyl (C=O) groups is 1. The summed E-state index contributed by atoms with van der Waals surface area (Å²) in [6.07, 6.45) is 12.1. The highest BCUT2D eigenvalue weighted by atomic mass is 16.1. The van der Waals surface area contributed by atoms with Crippen molar-refractivity contribution in [1.29, 1.82) is 5.26 Å². The van der Waals surface area contributed by atoms with Gasteiger partial charge >= 0.3 is 0 Å². The van der Waals surface area contributed by atoms with Gasteiger partial charge in [0.1, 0.15) is 0 Å². The highest BCUT2D eigenvalue weighted by molar-refractivity contribution is 5.96. The Labute approximate surface area is 188 Å². The van der Waals surface area contributed by atoms with Gasteiger partial charge in [-0.05, 0) is 32.3 Å². The monoisotopic (exact) mass is 428 g/mol. The van der Waals surface area contributed by atoms with Crippen LogP contribution in [0.1, 0.15) is 67.4 Å². The Balaban J connectivity index is 1.49. The van der Waals surface area contributed by atoms with Crippen LogP contribution < -0.4 is 5.32 Å². The van der Waals surface area contributed by atoms with Crippen LogP contribution >= 0.6 is 0 Å². The minimum atomic E-state index is -0.289. The Hall–Kier alpha value is -3.53. The first-order chi connectivity index (χ1) is 15.5. The Morgan fingerprint density at radius 1 is 1.22 bits per heavy atom. The molecule has 1 fully saturated rings. The molecule has 1 aliphatic rings. The Morgan fingerprint density at radius 3 is 2.69 bits per heavy atom. The molecule has 1 atom stereocenters. The topological polar surface area (TPSA) is 96.5 Å². The van der Waals surface area contributed by atoms with Crippen LogP contribution in [0.15, 0.2) is 42.9 Å². The summed E-state index contributed by atoms with van der Waals surface area (Å²) in [6.45, 7) is 3.72. The van der Waals surface area contributed by atoms with Crippen LogP contribution in [0.3, 0.4) is 0 Å². The smallest absolute Gasteiger partial charge is 0.227 e. The number of hydrogen-bond acceptors (Lipinski definition) is 6. The molecule has 0 spiro atoms. The highest BCUT2D eigenvalue weighted by Crippen LogP contribution is 2.29. The number of nitrogens with zero attached hydrogens (tertiary/aromatic N) is 5. The lowest BCUT2D eigenvalue weighted by Gasteiger charge is -2.21. The molecule has 3 aromatic rings. The molecule has 0 radical (unpaired) electrons. The first-order valence-corrected chi connectivity index (χ1v) is 11.2. The second-order valence-electron chi connectivity index (χ2n) is 8.59. The summed E-state index contributed by atoms with van der Waals surface area (Å²) in [5, 5.41) is 16.7. The van der Waals surface area contributed by atoms with E-state index in [1.54, 1.807) is 25.3 Å². The molecule has 1 aliphatic carbocycles. The average molecular weight is 429 g/mol. The minimum Gasteiger partial charge on any atom is -0.321 e. The van der Waals surface area contributed by atoms with E-state index in [1.165, 1.54) is 32.1 Å². The number of hydrogen-bond donors (Lipinski definition) is 1. The molecule has 0 unspecified atom stereocenters. The third-order valence-electron chi connectivity index (χ3n) is 5.97. The van der Waals surface area contributed by atoms with Crippen LogP contribution in [0, 0.1) is 24.2 Å². The van der Waals surface area contributed by atoms with Crippen molar-refractivity contribution in [1.82, 2.24) is 19.7 Å². The van der Waals surface area contributed by atoms with Gasteiger partial charge in [0.15, 0.2) is 5.78 Å². The summed E-state index contributed by atoms with van der Waals surface area (Å²) in [6, 6.07) is 9.96. The predicted octanol–water partition coefficient (Wildman–Crippen LogP) is 5.63. The zero-order valence-electron chi connectivity index (χ0n) is 18.6. The van der Waals surface area contributed by atoms with E-state index < -0.39 is 0 Å². The molecule has 1 aromatic carbocycles. The molecule has 4 rings (SSSR count). The van der Waals surface area contributed by atoms with Gasteiger partial charge in [-0.2, -0.15) is 10.4 Å². The van der Waals surface area contributed by atoms with Crippen molar-refractivity contribution in [3.8, 4) is 17.3 Å². The third-order valence-corrected chi connectivity index (χ3v) is 5.97. The number of Topliss-reactive ketones (excluding diaryl/α,β-unsaturated/α-hetero) is 1. The number of nitriles is 1. The van der Waals surface area contributed by atoms with E-state index in [1.807, 2.05) is 31.5 Å². The van der Waals surface area contributed by atoms with E-state index in [0.717, 1.165) is 22.5 Å². The summed E-state index contributed by atoms with van der Waals surface area (Å²) in [4.78, 5) is 21.4. The average Bonchev–Trinajstić information content (AvgIpc) is 3.29. The first-order valence-electron chi connectivity index (χ1n) is 11.2. The van der Waals surface area contributed by atoms with E-state index in [-0.39, 0.29) is 18.1 Å². The standard InChI is InChI=1S/C25H28N6O/c1-17(13-26)12-23(32)19-8-10-20(11-9-19)24-18(2)14-27-25(30-24)29-21-15-28-31(16-21)22-6-4-3-5-7-22/h8-11,14-17,22H,3-7,12H2,1-2H3,(H,27,29,30)/t17-/m1/s1. The van der Waals surface area contributed by atoms with E-state index in [9.17, 15) is 4.79 Å². The fourth-order valence-corrected chi connectivity index (χ4v) is 4.13. The number of ketones is 1. The van der Waals surface area contributed by atoms with Crippen molar-refractivity contribution >= 4 is 17.4 Å². The molecular formula is C25H28N6O. The predicted molar refractivity (Wildman–Crippen MR) is 124 cm³/mol. The lowest BCUT2D eigenvalue weighted by molar-refractivity contribution is 0.0973. The second-order valence-corrected chi connectivity index (χ2v) is 8.59. The van der Waals surface area contributed by atoms with E-state index in [2.05, 4.69) is 26.2 Å². The fraction of sp³-hybridized carbons (Fsp3) is 0.400. The number of aryl methyl sites for hydroxylation is 1. The van der Waals surface area contributed by atoms with Crippen LogP contribution in [0.4, 0.5) is 11.6 Å². The Bertz CT molecular complexity index is 1120. The van der Waals surface area contributed by atoms with Gasteiger partial charge in [0.05, 0.1) is 35.6 Å². The van der Waals surface area contributed by atoms with Gasteiger partial charge in [0.25, 0.3) is 0 Å². The van der Waals surface area contributed by atoms with Gasteiger partial charge in [-0.1, -0.05) is 43.5 Å². The van der Waals surface area contributed by atoms with Crippen molar-refractivity contribution in [3.63, 3.8) is 0 Å². The zero-order valence-corrected chi connectivity index (χ0v) is 18.6. The van der Waals surface area contributed by atoms with Crippen LogP contribution in [-0.2, 0) is 0 Å². The molecule has 0 saturated heterocycles. The van der Waals surface area contributed by atoms with Gasteiger partial charge < -0.3 is 5.32 Å². The highest BCUT2D eigenvalue weighted by Gasteiger charge is 2.17. The minimum absolute atomic E-state index is 0.0256. The zero-order chi connectivity index (χ0) is 22.5. The third kappa shape index (κ3) is 5.02. The van der Waals surface area contributed by atoms with Crippen molar-refractivity contribution in [2.45, 2.75) is 58.4 Å². The molecule has 0 amide bonds. The summed E-state index contributed by atoms with van der Waals surface area (Å²) in [5.74, 6) is 0.196. The Morgan fingerprint density at radius 2 is 1.97 bits per heavy atom. The normalized spacial score (nSPS) is 15.2. The maximum atomic E-state index is 12.3. The molecule has 7 nitrogen and oxygen atoms in total. The van der Waals surface area contributed by atoms with Crippen molar-refractivity contribution in [3.05, 3.63) is 54.0 Å². The molecule has 2 heterocycles. The van der Waals surface area contributed by atoms with Gasteiger partial charge in [0, 0.05) is 29.9 Å². The molecule has 0 bridgehead atoms.